The van der Waals surface area contributed by atoms with E-state index in [1.807, 2.05) is 19.1 Å². The minimum atomic E-state index is -0.862. The second-order valence-corrected chi connectivity index (χ2v) is 5.02. The Morgan fingerprint density at radius 1 is 1.28 bits per heavy atom. The van der Waals surface area contributed by atoms with Crippen LogP contribution in [0.15, 0.2) is 24.3 Å². The van der Waals surface area contributed by atoms with E-state index in [-0.39, 0.29) is 12.3 Å². The van der Waals surface area contributed by atoms with Crippen LogP contribution >= 0.6 is 0 Å². The number of carbonyl (C=O) groups is 2. The van der Waals surface area contributed by atoms with Crippen molar-refractivity contribution in [2.45, 2.75) is 38.1 Å². The zero-order chi connectivity index (χ0) is 13.2. The molecule has 0 unspecified atom stereocenters. The summed E-state index contributed by atoms with van der Waals surface area (Å²) in [5.74, 6) is -1.05. The Kier molecular flexibility index (Phi) is 3.36. The lowest BCUT2D eigenvalue weighted by Crippen LogP contribution is -2.54. The van der Waals surface area contributed by atoms with Gasteiger partial charge in [-0.3, -0.25) is 9.59 Å². The molecule has 0 radical (unpaired) electrons. The number of rotatable bonds is 4. The monoisotopic (exact) mass is 247 g/mol. The van der Waals surface area contributed by atoms with Crippen molar-refractivity contribution in [2.75, 3.05) is 0 Å². The van der Waals surface area contributed by atoms with E-state index in [4.69, 9.17) is 5.11 Å². The minimum Gasteiger partial charge on any atom is -0.481 e. The summed E-state index contributed by atoms with van der Waals surface area (Å²) in [6.45, 7) is 1.96. The van der Waals surface area contributed by atoms with E-state index in [1.165, 1.54) is 0 Å². The Balaban J connectivity index is 2.06. The maximum Gasteiger partial charge on any atom is 0.305 e. The number of hydrogen-bond acceptors (Lipinski definition) is 2. The Hall–Kier alpha value is -1.84. The standard InChI is InChI=1S/C14H17NO3/c1-10-3-5-11(6-4-10)13(18)15-14(7-2-8-14)9-12(16)17/h3-6H,2,7-9H2,1H3,(H,15,18)(H,16,17). The van der Waals surface area contributed by atoms with Crippen LogP contribution in [-0.2, 0) is 4.79 Å². The van der Waals surface area contributed by atoms with Crippen LogP contribution in [0.25, 0.3) is 0 Å². The number of carboxylic acids is 1. The first-order valence-corrected chi connectivity index (χ1v) is 6.12. The van der Waals surface area contributed by atoms with E-state index in [2.05, 4.69) is 5.32 Å². The maximum atomic E-state index is 12.0. The van der Waals surface area contributed by atoms with Gasteiger partial charge in [-0.2, -0.15) is 0 Å². The van der Waals surface area contributed by atoms with Gasteiger partial charge in [0.1, 0.15) is 0 Å². The van der Waals surface area contributed by atoms with Gasteiger partial charge >= 0.3 is 5.97 Å². The third kappa shape index (κ3) is 2.70. The number of aryl methyl sites for hydroxylation is 1. The predicted octanol–water partition coefficient (Wildman–Crippen LogP) is 2.12. The number of hydrogen-bond donors (Lipinski definition) is 2. The molecule has 4 heteroatoms. The van der Waals surface area contributed by atoms with E-state index >= 15 is 0 Å². The number of carbonyl (C=O) groups excluding carboxylic acids is 1. The van der Waals surface area contributed by atoms with Gasteiger partial charge in [-0.1, -0.05) is 17.7 Å². The summed E-state index contributed by atoms with van der Waals surface area (Å²) < 4.78 is 0. The van der Waals surface area contributed by atoms with E-state index in [1.54, 1.807) is 12.1 Å². The van der Waals surface area contributed by atoms with Gasteiger partial charge in [0, 0.05) is 5.56 Å². The van der Waals surface area contributed by atoms with Gasteiger partial charge in [-0.25, -0.2) is 0 Å². The quantitative estimate of drug-likeness (QED) is 0.856. The summed E-state index contributed by atoms with van der Waals surface area (Å²) in [6, 6.07) is 7.27. The molecule has 1 aliphatic rings. The van der Waals surface area contributed by atoms with Crippen LogP contribution in [0.2, 0.25) is 0 Å². The fraction of sp³-hybridized carbons (Fsp3) is 0.429. The topological polar surface area (TPSA) is 66.4 Å². The molecule has 1 aliphatic carbocycles. The second-order valence-electron chi connectivity index (χ2n) is 5.02. The Morgan fingerprint density at radius 2 is 1.89 bits per heavy atom. The molecule has 0 aliphatic heterocycles. The Bertz CT molecular complexity index is 460. The third-order valence-corrected chi connectivity index (χ3v) is 3.49. The van der Waals surface area contributed by atoms with Gasteiger partial charge in [0.25, 0.3) is 5.91 Å². The number of amides is 1. The number of aliphatic carboxylic acids is 1. The maximum absolute atomic E-state index is 12.0. The molecule has 0 atom stereocenters. The highest BCUT2D eigenvalue weighted by molar-refractivity contribution is 5.95. The number of benzene rings is 1. The van der Waals surface area contributed by atoms with E-state index in [0.29, 0.717) is 5.56 Å². The highest BCUT2D eigenvalue weighted by atomic mass is 16.4. The van der Waals surface area contributed by atoms with E-state index in [0.717, 1.165) is 24.8 Å². The molecule has 0 spiro atoms. The summed E-state index contributed by atoms with van der Waals surface area (Å²) in [6.07, 6.45) is 2.47. The molecule has 1 fully saturated rings. The zero-order valence-corrected chi connectivity index (χ0v) is 10.4. The number of carboxylic acid groups (broad SMARTS) is 1. The molecule has 2 N–H and O–H groups in total. The van der Waals surface area contributed by atoms with Crippen molar-refractivity contribution in [3.05, 3.63) is 35.4 Å². The molecule has 1 saturated carbocycles. The molecule has 1 amide bonds. The van der Waals surface area contributed by atoms with Gasteiger partial charge in [-0.05, 0) is 38.3 Å². The second kappa shape index (κ2) is 4.80. The smallest absolute Gasteiger partial charge is 0.305 e. The average molecular weight is 247 g/mol. The van der Waals surface area contributed by atoms with Gasteiger partial charge < -0.3 is 10.4 Å². The zero-order valence-electron chi connectivity index (χ0n) is 10.4. The van der Waals surface area contributed by atoms with Crippen LogP contribution in [-0.4, -0.2) is 22.5 Å². The molecule has 4 nitrogen and oxygen atoms in total. The number of nitrogens with one attached hydrogen (secondary N) is 1. The largest absolute Gasteiger partial charge is 0.481 e. The van der Waals surface area contributed by atoms with Crippen LogP contribution in [0, 0.1) is 6.92 Å². The molecule has 0 aromatic heterocycles. The molecular formula is C14H17NO3. The van der Waals surface area contributed by atoms with Crippen molar-refractivity contribution >= 4 is 11.9 Å². The van der Waals surface area contributed by atoms with Crippen LogP contribution in [0.1, 0.15) is 41.6 Å². The fourth-order valence-electron chi connectivity index (χ4n) is 2.26. The summed E-state index contributed by atoms with van der Waals surface area (Å²) in [5, 5.41) is 11.8. The highest BCUT2D eigenvalue weighted by Gasteiger charge is 2.40. The van der Waals surface area contributed by atoms with Gasteiger partial charge in [0.2, 0.25) is 0 Å². The molecule has 1 aromatic carbocycles. The summed E-state index contributed by atoms with van der Waals surface area (Å²) in [4.78, 5) is 22.9. The molecule has 18 heavy (non-hydrogen) atoms. The predicted molar refractivity (Wildman–Crippen MR) is 67.5 cm³/mol. The average Bonchev–Trinajstić information content (AvgIpc) is 2.26. The van der Waals surface area contributed by atoms with E-state index < -0.39 is 11.5 Å². The molecule has 0 bridgehead atoms. The van der Waals surface area contributed by atoms with Crippen molar-refractivity contribution in [3.63, 3.8) is 0 Å². The van der Waals surface area contributed by atoms with Gasteiger partial charge in [0.15, 0.2) is 0 Å². The lowest BCUT2D eigenvalue weighted by molar-refractivity contribution is -0.139. The highest BCUT2D eigenvalue weighted by Crippen LogP contribution is 2.35. The molecule has 0 saturated heterocycles. The molecular weight excluding hydrogens is 230 g/mol. The van der Waals surface area contributed by atoms with Crippen molar-refractivity contribution in [1.82, 2.24) is 5.32 Å². The van der Waals surface area contributed by atoms with Crippen molar-refractivity contribution in [2.24, 2.45) is 0 Å². The van der Waals surface area contributed by atoms with Crippen LogP contribution < -0.4 is 5.32 Å². The molecule has 1 aromatic rings. The molecule has 2 rings (SSSR count). The lowest BCUT2D eigenvalue weighted by Gasteiger charge is -2.41. The van der Waals surface area contributed by atoms with Crippen molar-refractivity contribution in [3.8, 4) is 0 Å². The summed E-state index contributed by atoms with van der Waals surface area (Å²) in [5.41, 5.74) is 1.14. The Labute approximate surface area is 106 Å². The minimum absolute atomic E-state index is 0.00456. The third-order valence-electron chi connectivity index (χ3n) is 3.49. The Morgan fingerprint density at radius 3 is 2.33 bits per heavy atom. The van der Waals surface area contributed by atoms with Crippen LogP contribution in [0.3, 0.4) is 0 Å². The van der Waals surface area contributed by atoms with E-state index in [9.17, 15) is 9.59 Å². The lowest BCUT2D eigenvalue weighted by atomic mass is 9.74. The van der Waals surface area contributed by atoms with Crippen LogP contribution in [0.5, 0.6) is 0 Å². The molecule has 96 valence electrons. The molecule has 0 heterocycles. The SMILES string of the molecule is Cc1ccc(C(=O)NC2(CC(=O)O)CCC2)cc1. The van der Waals surface area contributed by atoms with Gasteiger partial charge in [-0.15, -0.1) is 0 Å². The summed E-state index contributed by atoms with van der Waals surface area (Å²) >= 11 is 0. The van der Waals surface area contributed by atoms with Gasteiger partial charge in [0.05, 0.1) is 12.0 Å². The van der Waals surface area contributed by atoms with Crippen molar-refractivity contribution < 1.29 is 14.7 Å². The first-order chi connectivity index (χ1) is 8.51. The first-order valence-electron chi connectivity index (χ1n) is 6.12. The first kappa shape index (κ1) is 12.6. The normalized spacial score (nSPS) is 16.7. The van der Waals surface area contributed by atoms with Crippen LogP contribution in [0.4, 0.5) is 0 Å². The fourth-order valence-corrected chi connectivity index (χ4v) is 2.26. The van der Waals surface area contributed by atoms with Crippen molar-refractivity contribution in [1.29, 1.82) is 0 Å². The summed E-state index contributed by atoms with van der Waals surface area (Å²) in [7, 11) is 0.